The number of carboxylic acids is 1. The highest BCUT2D eigenvalue weighted by atomic mass is 32.1. The third-order valence-corrected chi connectivity index (χ3v) is 5.12. The lowest BCUT2D eigenvalue weighted by atomic mass is 10.1. The van der Waals surface area contributed by atoms with Crippen molar-refractivity contribution < 1.29 is 28.6 Å². The number of thiazole rings is 1. The van der Waals surface area contributed by atoms with Crippen LogP contribution in [0.25, 0.3) is 10.6 Å². The van der Waals surface area contributed by atoms with E-state index in [1.54, 1.807) is 17.5 Å². The number of likely N-dealkylation sites (tertiary alicyclic amines) is 1. The van der Waals surface area contributed by atoms with Gasteiger partial charge in [-0.1, -0.05) is 0 Å². The smallest absolute Gasteiger partial charge is 0.343 e. The van der Waals surface area contributed by atoms with Gasteiger partial charge in [0.25, 0.3) is 5.91 Å². The number of amides is 1. The van der Waals surface area contributed by atoms with Crippen LogP contribution in [0, 0.1) is 0 Å². The van der Waals surface area contributed by atoms with Gasteiger partial charge in [-0.05, 0) is 18.2 Å². The standard InChI is InChI=1S/C16H13FN2O5S/c17-16(15(21)22)3-4-19(7-16)14(20)10-6-25-13(18-10)9-1-2-11-12(5-9)24-8-23-11/h1-2,5-6H,3-4,7-8H2,(H,21,22). The summed E-state index contributed by atoms with van der Waals surface area (Å²) in [7, 11) is 0. The highest BCUT2D eigenvalue weighted by Crippen LogP contribution is 2.37. The molecular weight excluding hydrogens is 351 g/mol. The Hall–Kier alpha value is -2.68. The second-order valence-corrected chi connectivity index (χ2v) is 6.71. The molecule has 1 N–H and O–H groups in total. The summed E-state index contributed by atoms with van der Waals surface area (Å²) in [6.07, 6.45) is -0.215. The number of benzene rings is 1. The number of nitrogens with zero attached hydrogens (tertiary/aromatic N) is 2. The van der Waals surface area contributed by atoms with Crippen molar-refractivity contribution in [1.82, 2.24) is 9.88 Å². The van der Waals surface area contributed by atoms with Gasteiger partial charge in [0.1, 0.15) is 10.7 Å². The largest absolute Gasteiger partial charge is 0.479 e. The lowest BCUT2D eigenvalue weighted by Gasteiger charge is -2.16. The van der Waals surface area contributed by atoms with Gasteiger partial charge in [-0.2, -0.15) is 0 Å². The van der Waals surface area contributed by atoms with Crippen molar-refractivity contribution >= 4 is 23.2 Å². The molecule has 0 saturated carbocycles. The van der Waals surface area contributed by atoms with Gasteiger partial charge in [-0.15, -0.1) is 11.3 Å². The minimum atomic E-state index is -2.38. The van der Waals surface area contributed by atoms with Crippen molar-refractivity contribution in [3.8, 4) is 22.1 Å². The maximum Gasteiger partial charge on any atom is 0.343 e. The van der Waals surface area contributed by atoms with Crippen molar-refractivity contribution in [2.45, 2.75) is 12.1 Å². The van der Waals surface area contributed by atoms with E-state index in [1.807, 2.05) is 6.07 Å². The zero-order chi connectivity index (χ0) is 17.6. The molecule has 2 aromatic rings. The molecule has 130 valence electrons. The molecule has 25 heavy (non-hydrogen) atoms. The monoisotopic (exact) mass is 364 g/mol. The molecular formula is C16H13FN2O5S. The van der Waals surface area contributed by atoms with E-state index < -0.39 is 24.1 Å². The molecule has 0 aliphatic carbocycles. The Kier molecular flexibility index (Phi) is 3.60. The van der Waals surface area contributed by atoms with Gasteiger partial charge in [0.2, 0.25) is 12.5 Å². The number of fused-ring (bicyclic) bond motifs is 1. The number of halogens is 1. The van der Waals surface area contributed by atoms with Crippen LogP contribution in [-0.4, -0.2) is 52.4 Å². The normalized spacial score (nSPS) is 21.6. The summed E-state index contributed by atoms with van der Waals surface area (Å²) in [4.78, 5) is 28.9. The molecule has 2 aliphatic rings. The van der Waals surface area contributed by atoms with Crippen LogP contribution in [0.2, 0.25) is 0 Å². The molecule has 4 rings (SSSR count). The summed E-state index contributed by atoms with van der Waals surface area (Å²) >= 11 is 1.28. The molecule has 0 bridgehead atoms. The average Bonchev–Trinajstić information content (AvgIpc) is 3.33. The summed E-state index contributed by atoms with van der Waals surface area (Å²) in [5, 5.41) is 11.1. The van der Waals surface area contributed by atoms with Gasteiger partial charge in [-0.25, -0.2) is 14.2 Å². The van der Waals surface area contributed by atoms with E-state index in [0.29, 0.717) is 16.5 Å². The first-order chi connectivity index (χ1) is 12.0. The number of ether oxygens (including phenoxy) is 2. The quantitative estimate of drug-likeness (QED) is 0.898. The predicted molar refractivity (Wildman–Crippen MR) is 85.7 cm³/mol. The molecule has 1 aromatic carbocycles. The van der Waals surface area contributed by atoms with E-state index >= 15 is 0 Å². The minimum absolute atomic E-state index is 0.0541. The van der Waals surface area contributed by atoms with E-state index in [9.17, 15) is 14.0 Å². The Bertz CT molecular complexity index is 870. The maximum absolute atomic E-state index is 14.1. The Morgan fingerprint density at radius 3 is 2.88 bits per heavy atom. The van der Waals surface area contributed by atoms with Crippen LogP contribution in [0.3, 0.4) is 0 Å². The van der Waals surface area contributed by atoms with Crippen molar-refractivity contribution in [3.63, 3.8) is 0 Å². The SMILES string of the molecule is O=C(c1csc(-c2ccc3c(c2)OCO3)n1)N1CCC(F)(C(=O)O)C1. The van der Waals surface area contributed by atoms with Crippen molar-refractivity contribution in [1.29, 1.82) is 0 Å². The van der Waals surface area contributed by atoms with Gasteiger partial charge < -0.3 is 19.5 Å². The Morgan fingerprint density at radius 1 is 1.32 bits per heavy atom. The van der Waals surface area contributed by atoms with Crippen molar-refractivity contribution in [2.75, 3.05) is 19.9 Å². The molecule has 7 nitrogen and oxygen atoms in total. The number of alkyl halides is 1. The number of hydrogen-bond acceptors (Lipinski definition) is 6. The number of aromatic nitrogens is 1. The lowest BCUT2D eigenvalue weighted by Crippen LogP contribution is -2.39. The molecule has 2 aliphatic heterocycles. The number of carboxylic acid groups (broad SMARTS) is 1. The summed E-state index contributed by atoms with van der Waals surface area (Å²) in [6.45, 7) is -0.236. The van der Waals surface area contributed by atoms with Crippen LogP contribution in [0.4, 0.5) is 4.39 Å². The number of hydrogen-bond donors (Lipinski definition) is 1. The van der Waals surface area contributed by atoms with Gasteiger partial charge >= 0.3 is 5.97 Å². The second-order valence-electron chi connectivity index (χ2n) is 5.85. The van der Waals surface area contributed by atoms with E-state index in [2.05, 4.69) is 4.98 Å². The molecule has 0 spiro atoms. The fourth-order valence-electron chi connectivity index (χ4n) is 2.82. The van der Waals surface area contributed by atoms with Gasteiger partial charge in [0, 0.05) is 23.9 Å². The molecule has 1 aromatic heterocycles. The van der Waals surface area contributed by atoms with Gasteiger partial charge in [-0.3, -0.25) is 4.79 Å². The van der Waals surface area contributed by atoms with Gasteiger partial charge in [0.15, 0.2) is 11.5 Å². The first kappa shape index (κ1) is 15.8. The van der Waals surface area contributed by atoms with Crippen LogP contribution in [-0.2, 0) is 4.79 Å². The minimum Gasteiger partial charge on any atom is -0.479 e. The number of carbonyl (C=O) groups excluding carboxylic acids is 1. The Morgan fingerprint density at radius 2 is 2.12 bits per heavy atom. The predicted octanol–water partition coefficient (Wildman–Crippen LogP) is 2.18. The summed E-state index contributed by atoms with van der Waals surface area (Å²) < 4.78 is 24.7. The zero-order valence-corrected chi connectivity index (χ0v) is 13.7. The molecule has 1 atom stereocenters. The molecule has 1 fully saturated rings. The highest BCUT2D eigenvalue weighted by Gasteiger charge is 2.47. The number of rotatable bonds is 3. The van der Waals surface area contributed by atoms with E-state index in [0.717, 1.165) is 5.56 Å². The summed E-state index contributed by atoms with van der Waals surface area (Å²) in [5.41, 5.74) is -1.43. The fraction of sp³-hybridized carbons (Fsp3) is 0.312. The zero-order valence-electron chi connectivity index (χ0n) is 12.9. The number of carbonyl (C=O) groups is 2. The molecule has 1 amide bonds. The van der Waals surface area contributed by atoms with E-state index in [4.69, 9.17) is 14.6 Å². The first-order valence-corrected chi connectivity index (χ1v) is 8.41. The summed E-state index contributed by atoms with van der Waals surface area (Å²) in [6, 6.07) is 5.36. The lowest BCUT2D eigenvalue weighted by molar-refractivity contribution is -0.149. The fourth-order valence-corrected chi connectivity index (χ4v) is 3.61. The molecule has 1 saturated heterocycles. The second kappa shape index (κ2) is 5.69. The van der Waals surface area contributed by atoms with E-state index in [-0.39, 0.29) is 25.5 Å². The molecule has 1 unspecified atom stereocenters. The first-order valence-electron chi connectivity index (χ1n) is 7.53. The van der Waals surface area contributed by atoms with Crippen LogP contribution in [0.5, 0.6) is 11.5 Å². The van der Waals surface area contributed by atoms with Gasteiger partial charge in [0.05, 0.1) is 6.54 Å². The molecule has 0 radical (unpaired) electrons. The van der Waals surface area contributed by atoms with Crippen LogP contribution >= 0.6 is 11.3 Å². The Balaban J connectivity index is 1.53. The van der Waals surface area contributed by atoms with Crippen molar-refractivity contribution in [3.05, 3.63) is 29.3 Å². The third-order valence-electron chi connectivity index (χ3n) is 4.23. The van der Waals surface area contributed by atoms with Crippen LogP contribution < -0.4 is 9.47 Å². The Labute approximate surface area is 145 Å². The number of aliphatic carboxylic acids is 1. The van der Waals surface area contributed by atoms with E-state index in [1.165, 1.54) is 16.2 Å². The summed E-state index contributed by atoms with van der Waals surface area (Å²) in [5.74, 6) is -0.739. The maximum atomic E-state index is 14.1. The topological polar surface area (TPSA) is 89.0 Å². The van der Waals surface area contributed by atoms with Crippen LogP contribution in [0.15, 0.2) is 23.6 Å². The highest BCUT2D eigenvalue weighted by molar-refractivity contribution is 7.13. The molecule has 9 heteroatoms. The molecule has 3 heterocycles. The van der Waals surface area contributed by atoms with Crippen molar-refractivity contribution in [2.24, 2.45) is 0 Å². The van der Waals surface area contributed by atoms with Crippen LogP contribution in [0.1, 0.15) is 16.9 Å². The average molecular weight is 364 g/mol. The third kappa shape index (κ3) is 2.70.